The van der Waals surface area contributed by atoms with E-state index in [0.717, 1.165) is 38.8 Å². The molecule has 0 bridgehead atoms. The molecule has 1 N–H and O–H groups in total. The molecule has 0 aromatic carbocycles. The molecule has 0 aliphatic rings. The zero-order valence-electron chi connectivity index (χ0n) is 10.9. The minimum atomic E-state index is -2.36. The van der Waals surface area contributed by atoms with E-state index in [1.807, 2.05) is 6.92 Å². The summed E-state index contributed by atoms with van der Waals surface area (Å²) in [7, 11) is 2.56. The van der Waals surface area contributed by atoms with Gasteiger partial charge in [-0.05, 0) is 19.9 Å². The van der Waals surface area contributed by atoms with Crippen LogP contribution in [0.4, 0.5) is 0 Å². The Bertz CT molecular complexity index is 147. The van der Waals surface area contributed by atoms with Crippen molar-refractivity contribution in [2.24, 2.45) is 0 Å². The summed E-state index contributed by atoms with van der Waals surface area (Å²) < 4.78 is 21.2. The predicted octanol–water partition coefficient (Wildman–Crippen LogP) is 0.881. The molecular formula is C10H25NO4Si. The van der Waals surface area contributed by atoms with Gasteiger partial charge in [0.05, 0.1) is 6.61 Å². The third kappa shape index (κ3) is 6.57. The highest BCUT2D eigenvalue weighted by Gasteiger charge is 2.36. The Morgan fingerprint density at radius 1 is 1.00 bits per heavy atom. The van der Waals surface area contributed by atoms with Crippen LogP contribution in [0.3, 0.4) is 0 Å². The fourth-order valence-corrected chi connectivity index (χ4v) is 3.12. The molecule has 16 heavy (non-hydrogen) atoms. The summed E-state index contributed by atoms with van der Waals surface area (Å²) in [6.45, 7) is 5.34. The van der Waals surface area contributed by atoms with Crippen molar-refractivity contribution in [3.63, 3.8) is 0 Å². The second-order valence-electron chi connectivity index (χ2n) is 3.35. The fourth-order valence-electron chi connectivity index (χ4n) is 1.40. The van der Waals surface area contributed by atoms with Gasteiger partial charge in [-0.25, -0.2) is 0 Å². The molecule has 0 radical (unpaired) electrons. The van der Waals surface area contributed by atoms with Crippen LogP contribution in [0.5, 0.6) is 0 Å². The van der Waals surface area contributed by atoms with Crippen LogP contribution in [0.1, 0.15) is 13.3 Å². The Morgan fingerprint density at radius 3 is 2.12 bits per heavy atom. The summed E-state index contributed by atoms with van der Waals surface area (Å²) in [5, 5.41) is 3.30. The van der Waals surface area contributed by atoms with Crippen LogP contribution in [0.2, 0.25) is 6.04 Å². The molecule has 0 amide bonds. The van der Waals surface area contributed by atoms with Crippen molar-refractivity contribution >= 4 is 8.80 Å². The first-order chi connectivity index (χ1) is 7.74. The average Bonchev–Trinajstić information content (AvgIpc) is 2.34. The van der Waals surface area contributed by atoms with E-state index in [1.165, 1.54) is 0 Å². The van der Waals surface area contributed by atoms with Crippen molar-refractivity contribution in [3.05, 3.63) is 0 Å². The van der Waals surface area contributed by atoms with Crippen LogP contribution >= 0.6 is 0 Å². The van der Waals surface area contributed by atoms with E-state index in [4.69, 9.17) is 18.0 Å². The first kappa shape index (κ1) is 16.0. The Balaban J connectivity index is 3.48. The normalized spacial score (nSPS) is 12.0. The highest BCUT2D eigenvalue weighted by molar-refractivity contribution is 6.60. The van der Waals surface area contributed by atoms with Gasteiger partial charge in [-0.15, -0.1) is 0 Å². The van der Waals surface area contributed by atoms with Crippen molar-refractivity contribution < 1.29 is 18.0 Å². The monoisotopic (exact) mass is 251 g/mol. The topological polar surface area (TPSA) is 49.0 Å². The zero-order chi connectivity index (χ0) is 12.3. The van der Waals surface area contributed by atoms with Crippen molar-refractivity contribution in [2.45, 2.75) is 19.4 Å². The van der Waals surface area contributed by atoms with Gasteiger partial charge in [0.15, 0.2) is 0 Å². The van der Waals surface area contributed by atoms with Crippen LogP contribution in [-0.4, -0.2) is 56.4 Å². The standard InChI is InChI=1S/C10H25NO4Si/c1-5-15-9-8-11-7-6-10-16(12-2,13-3)14-4/h11H,5-10H2,1-4H3. The van der Waals surface area contributed by atoms with Crippen LogP contribution < -0.4 is 5.32 Å². The number of nitrogens with one attached hydrogen (secondary N) is 1. The third-order valence-corrected chi connectivity index (χ3v) is 5.23. The van der Waals surface area contributed by atoms with E-state index in [2.05, 4.69) is 5.32 Å². The van der Waals surface area contributed by atoms with Gasteiger partial charge >= 0.3 is 8.80 Å². The first-order valence-electron chi connectivity index (χ1n) is 5.68. The van der Waals surface area contributed by atoms with E-state index in [1.54, 1.807) is 21.3 Å². The average molecular weight is 251 g/mol. The van der Waals surface area contributed by atoms with Gasteiger partial charge in [0.25, 0.3) is 0 Å². The summed E-state index contributed by atoms with van der Waals surface area (Å²) >= 11 is 0. The minimum Gasteiger partial charge on any atom is -0.380 e. The summed E-state index contributed by atoms with van der Waals surface area (Å²) in [5.41, 5.74) is 0. The number of ether oxygens (including phenoxy) is 1. The third-order valence-electron chi connectivity index (χ3n) is 2.40. The molecule has 6 heteroatoms. The Kier molecular flexibility index (Phi) is 10.2. The molecule has 5 nitrogen and oxygen atoms in total. The van der Waals surface area contributed by atoms with Gasteiger partial charge in [0.2, 0.25) is 0 Å². The smallest absolute Gasteiger partial charge is 0.380 e. The maximum Gasteiger partial charge on any atom is 0.500 e. The Labute approximate surface area is 99.8 Å². The van der Waals surface area contributed by atoms with Gasteiger partial charge < -0.3 is 23.3 Å². The molecule has 0 spiro atoms. The molecule has 0 saturated heterocycles. The molecule has 98 valence electrons. The SMILES string of the molecule is CCOCCNCCC[Si](OC)(OC)OC. The maximum atomic E-state index is 5.32. The van der Waals surface area contributed by atoms with E-state index < -0.39 is 8.80 Å². The highest BCUT2D eigenvalue weighted by atomic mass is 28.4. The number of hydrogen-bond acceptors (Lipinski definition) is 5. The minimum absolute atomic E-state index is 0.762. The lowest BCUT2D eigenvalue weighted by atomic mass is 10.5. The Hall–Kier alpha value is 0.0169. The van der Waals surface area contributed by atoms with E-state index in [0.29, 0.717) is 0 Å². The van der Waals surface area contributed by atoms with Crippen LogP contribution in [0.15, 0.2) is 0 Å². The first-order valence-corrected chi connectivity index (χ1v) is 7.61. The van der Waals surface area contributed by atoms with E-state index >= 15 is 0 Å². The Morgan fingerprint density at radius 2 is 1.62 bits per heavy atom. The van der Waals surface area contributed by atoms with Crippen molar-refractivity contribution in [1.29, 1.82) is 0 Å². The molecule has 0 saturated carbocycles. The predicted molar refractivity (Wildman–Crippen MR) is 65.6 cm³/mol. The molecule has 0 rings (SSSR count). The summed E-state index contributed by atoms with van der Waals surface area (Å²) in [6.07, 6.45) is 0.980. The summed E-state index contributed by atoms with van der Waals surface area (Å²) in [5.74, 6) is 0. The number of hydrogen-bond donors (Lipinski definition) is 1. The fraction of sp³-hybridized carbons (Fsp3) is 1.00. The lowest BCUT2D eigenvalue weighted by molar-refractivity contribution is 0.122. The van der Waals surface area contributed by atoms with Crippen molar-refractivity contribution in [1.82, 2.24) is 5.32 Å². The van der Waals surface area contributed by atoms with Gasteiger partial charge in [-0.3, -0.25) is 0 Å². The molecule has 0 atom stereocenters. The number of rotatable bonds is 11. The largest absolute Gasteiger partial charge is 0.500 e. The van der Waals surface area contributed by atoms with Crippen molar-refractivity contribution in [3.8, 4) is 0 Å². The van der Waals surface area contributed by atoms with Crippen molar-refractivity contribution in [2.75, 3.05) is 47.6 Å². The zero-order valence-corrected chi connectivity index (χ0v) is 11.9. The van der Waals surface area contributed by atoms with Crippen LogP contribution in [0.25, 0.3) is 0 Å². The molecule has 0 fully saturated rings. The van der Waals surface area contributed by atoms with Gasteiger partial charge in [-0.1, -0.05) is 0 Å². The highest BCUT2D eigenvalue weighted by Crippen LogP contribution is 2.14. The lowest BCUT2D eigenvalue weighted by Gasteiger charge is -2.24. The quantitative estimate of drug-likeness (QED) is 0.436. The second-order valence-corrected chi connectivity index (χ2v) is 6.44. The summed E-state index contributed by atoms with van der Waals surface area (Å²) in [6, 6.07) is 0.831. The lowest BCUT2D eigenvalue weighted by Crippen LogP contribution is -2.43. The van der Waals surface area contributed by atoms with E-state index in [9.17, 15) is 0 Å². The van der Waals surface area contributed by atoms with E-state index in [-0.39, 0.29) is 0 Å². The molecule has 0 heterocycles. The molecule has 0 aromatic rings. The second kappa shape index (κ2) is 10.2. The maximum absolute atomic E-state index is 5.32. The molecule has 0 unspecified atom stereocenters. The van der Waals surface area contributed by atoms with Gasteiger partial charge in [0.1, 0.15) is 0 Å². The molecule has 0 aliphatic carbocycles. The summed E-state index contributed by atoms with van der Waals surface area (Å²) in [4.78, 5) is 0. The van der Waals surface area contributed by atoms with Gasteiger partial charge in [0, 0.05) is 40.5 Å². The van der Waals surface area contributed by atoms with Crippen LogP contribution in [-0.2, 0) is 18.0 Å². The molecule has 0 aromatic heterocycles. The van der Waals surface area contributed by atoms with Gasteiger partial charge in [-0.2, -0.15) is 0 Å². The molecular weight excluding hydrogens is 226 g/mol. The molecule has 0 aliphatic heterocycles. The van der Waals surface area contributed by atoms with Crippen LogP contribution in [0, 0.1) is 0 Å².